The number of benzene rings is 1. The van der Waals surface area contributed by atoms with Crippen LogP contribution in [0.4, 0.5) is 0 Å². The lowest BCUT2D eigenvalue weighted by Crippen LogP contribution is -2.31. The maximum Gasteiger partial charge on any atom is 0.225 e. The van der Waals surface area contributed by atoms with Gasteiger partial charge in [-0.1, -0.05) is 23.8 Å². The van der Waals surface area contributed by atoms with E-state index in [-0.39, 0.29) is 5.92 Å². The third-order valence-corrected chi connectivity index (χ3v) is 4.05. The first-order chi connectivity index (χ1) is 10.2. The van der Waals surface area contributed by atoms with Gasteiger partial charge in [0.1, 0.15) is 0 Å². The second-order valence-corrected chi connectivity index (χ2v) is 5.77. The number of aromatic nitrogens is 2. The third-order valence-electron chi connectivity index (χ3n) is 4.05. The first-order valence-electron chi connectivity index (χ1n) is 7.56. The fraction of sp³-hybridized carbons (Fsp3) is 0.412. The predicted molar refractivity (Wildman–Crippen MR) is 82.6 cm³/mol. The van der Waals surface area contributed by atoms with E-state index in [1.807, 2.05) is 24.2 Å². The molecule has 1 aromatic carbocycles. The van der Waals surface area contributed by atoms with Crippen LogP contribution >= 0.6 is 0 Å². The number of hydrogen-bond donors (Lipinski definition) is 1. The van der Waals surface area contributed by atoms with E-state index in [0.717, 1.165) is 30.5 Å². The van der Waals surface area contributed by atoms with Crippen LogP contribution in [0.25, 0.3) is 11.1 Å². The van der Waals surface area contributed by atoms with Crippen LogP contribution in [0.1, 0.15) is 30.9 Å². The molecule has 1 saturated carbocycles. The van der Waals surface area contributed by atoms with Crippen molar-refractivity contribution in [2.24, 2.45) is 5.92 Å². The van der Waals surface area contributed by atoms with Gasteiger partial charge >= 0.3 is 0 Å². The summed E-state index contributed by atoms with van der Waals surface area (Å²) in [4.78, 5) is 14.3. The Hall–Kier alpha value is -2.10. The van der Waals surface area contributed by atoms with Gasteiger partial charge in [-0.05, 0) is 37.8 Å². The Bertz CT molecular complexity index is 629. The van der Waals surface area contributed by atoms with E-state index in [0.29, 0.717) is 12.5 Å². The monoisotopic (exact) mass is 283 g/mol. The highest BCUT2D eigenvalue weighted by Crippen LogP contribution is 2.32. The van der Waals surface area contributed by atoms with E-state index < -0.39 is 0 Å². The van der Waals surface area contributed by atoms with Crippen LogP contribution in [0.2, 0.25) is 0 Å². The molecule has 21 heavy (non-hydrogen) atoms. The average molecular weight is 283 g/mol. The van der Waals surface area contributed by atoms with Crippen molar-refractivity contribution in [1.29, 1.82) is 0 Å². The molecule has 3 rings (SSSR count). The van der Waals surface area contributed by atoms with E-state index in [2.05, 4.69) is 35.3 Å². The highest BCUT2D eigenvalue weighted by atomic mass is 16.2. The Morgan fingerprint density at radius 2 is 2.24 bits per heavy atom. The average Bonchev–Trinajstić information content (AvgIpc) is 3.20. The van der Waals surface area contributed by atoms with Crippen molar-refractivity contribution in [3.63, 3.8) is 0 Å². The number of aryl methyl sites for hydroxylation is 1. The summed E-state index contributed by atoms with van der Waals surface area (Å²) in [6, 6.07) is 6.39. The van der Waals surface area contributed by atoms with Gasteiger partial charge in [0.2, 0.25) is 5.91 Å². The minimum absolute atomic E-state index is 0.270. The van der Waals surface area contributed by atoms with Gasteiger partial charge in [-0.15, -0.1) is 0 Å². The molecule has 1 heterocycles. The second-order valence-electron chi connectivity index (χ2n) is 5.77. The smallest absolute Gasteiger partial charge is 0.225 e. The summed E-state index contributed by atoms with van der Waals surface area (Å²) >= 11 is 0. The van der Waals surface area contributed by atoms with Gasteiger partial charge < -0.3 is 4.90 Å². The Kier molecular flexibility index (Phi) is 3.78. The zero-order chi connectivity index (χ0) is 14.8. The maximum atomic E-state index is 12.3. The highest BCUT2D eigenvalue weighted by molar-refractivity contribution is 5.81. The van der Waals surface area contributed by atoms with Crippen LogP contribution in [-0.4, -0.2) is 27.5 Å². The molecule has 0 bridgehead atoms. The van der Waals surface area contributed by atoms with Crippen molar-refractivity contribution >= 4 is 5.91 Å². The van der Waals surface area contributed by atoms with Gasteiger partial charge in [-0.2, -0.15) is 5.10 Å². The van der Waals surface area contributed by atoms with Gasteiger partial charge in [-0.3, -0.25) is 9.89 Å². The third kappa shape index (κ3) is 2.99. The first kappa shape index (κ1) is 13.9. The van der Waals surface area contributed by atoms with Crippen LogP contribution in [0.5, 0.6) is 0 Å². The Labute approximate surface area is 125 Å². The Morgan fingerprint density at radius 1 is 1.43 bits per heavy atom. The lowest BCUT2D eigenvalue weighted by Gasteiger charge is -2.22. The van der Waals surface area contributed by atoms with Crippen LogP contribution in [0, 0.1) is 12.8 Å². The molecule has 4 nitrogen and oxygen atoms in total. The van der Waals surface area contributed by atoms with Gasteiger partial charge in [0.15, 0.2) is 0 Å². The molecule has 1 aliphatic rings. The van der Waals surface area contributed by atoms with Crippen LogP contribution < -0.4 is 0 Å². The van der Waals surface area contributed by atoms with E-state index in [9.17, 15) is 4.79 Å². The molecule has 110 valence electrons. The number of hydrogen-bond acceptors (Lipinski definition) is 2. The highest BCUT2D eigenvalue weighted by Gasteiger charge is 2.33. The molecular weight excluding hydrogens is 262 g/mol. The molecule has 0 saturated heterocycles. The molecule has 0 aliphatic heterocycles. The molecule has 4 heteroatoms. The summed E-state index contributed by atoms with van der Waals surface area (Å²) in [5, 5.41) is 6.89. The Balaban J connectivity index is 1.89. The molecule has 0 radical (unpaired) electrons. The maximum absolute atomic E-state index is 12.3. The molecule has 1 amide bonds. The first-order valence-corrected chi connectivity index (χ1v) is 7.56. The number of amides is 1. The molecule has 1 fully saturated rings. The van der Waals surface area contributed by atoms with Crippen molar-refractivity contribution in [3.8, 4) is 11.1 Å². The van der Waals surface area contributed by atoms with Crippen molar-refractivity contribution in [1.82, 2.24) is 15.1 Å². The van der Waals surface area contributed by atoms with Crippen molar-refractivity contribution in [2.75, 3.05) is 6.54 Å². The lowest BCUT2D eigenvalue weighted by atomic mass is 9.99. The molecule has 1 aliphatic carbocycles. The number of nitrogens with one attached hydrogen (secondary N) is 1. The van der Waals surface area contributed by atoms with E-state index in [1.54, 1.807) is 0 Å². The molecular formula is C17H21N3O. The minimum Gasteiger partial charge on any atom is -0.338 e. The van der Waals surface area contributed by atoms with Crippen LogP contribution in [-0.2, 0) is 11.3 Å². The van der Waals surface area contributed by atoms with Gasteiger partial charge in [0, 0.05) is 30.8 Å². The summed E-state index contributed by atoms with van der Waals surface area (Å²) in [6.07, 6.45) is 5.83. The fourth-order valence-corrected chi connectivity index (χ4v) is 2.67. The summed E-state index contributed by atoms with van der Waals surface area (Å²) in [6.45, 7) is 5.57. The standard InChI is InChI=1S/C17H21N3O/c1-3-20(17(21)13-5-6-13)11-14-8-12(2)4-7-16(14)15-9-18-19-10-15/h4,7-10,13H,3,5-6,11H2,1-2H3,(H,18,19). The van der Waals surface area contributed by atoms with Gasteiger partial charge in [-0.25, -0.2) is 0 Å². The summed E-state index contributed by atoms with van der Waals surface area (Å²) in [5.41, 5.74) is 4.62. The number of rotatable bonds is 5. The summed E-state index contributed by atoms with van der Waals surface area (Å²) in [7, 11) is 0. The molecule has 1 aromatic heterocycles. The molecule has 0 spiro atoms. The Morgan fingerprint density at radius 3 is 2.86 bits per heavy atom. The van der Waals surface area contributed by atoms with Gasteiger partial charge in [0.05, 0.1) is 6.20 Å². The largest absolute Gasteiger partial charge is 0.338 e. The lowest BCUT2D eigenvalue weighted by molar-refractivity contribution is -0.132. The van der Waals surface area contributed by atoms with Crippen molar-refractivity contribution in [2.45, 2.75) is 33.2 Å². The fourth-order valence-electron chi connectivity index (χ4n) is 2.67. The summed E-state index contributed by atoms with van der Waals surface area (Å²) < 4.78 is 0. The number of H-pyrrole nitrogens is 1. The second kappa shape index (κ2) is 5.72. The molecule has 0 unspecified atom stereocenters. The molecule has 2 aromatic rings. The minimum atomic E-state index is 0.270. The van der Waals surface area contributed by atoms with E-state index in [4.69, 9.17) is 0 Å². The van der Waals surface area contributed by atoms with Crippen molar-refractivity contribution in [3.05, 3.63) is 41.7 Å². The van der Waals surface area contributed by atoms with Crippen molar-refractivity contribution < 1.29 is 4.79 Å². The quantitative estimate of drug-likeness (QED) is 0.916. The molecule has 0 atom stereocenters. The zero-order valence-corrected chi connectivity index (χ0v) is 12.6. The number of aromatic amines is 1. The normalized spacial score (nSPS) is 14.2. The topological polar surface area (TPSA) is 49.0 Å². The number of carbonyl (C=O) groups is 1. The van der Waals surface area contributed by atoms with Gasteiger partial charge in [0.25, 0.3) is 0 Å². The predicted octanol–water partition coefficient (Wildman–Crippen LogP) is 3.14. The molecule has 1 N–H and O–H groups in total. The van der Waals surface area contributed by atoms with E-state index >= 15 is 0 Å². The van der Waals surface area contributed by atoms with E-state index in [1.165, 1.54) is 11.1 Å². The summed E-state index contributed by atoms with van der Waals surface area (Å²) in [5.74, 6) is 0.573. The SMILES string of the molecule is CCN(Cc1cc(C)ccc1-c1cn[nH]c1)C(=O)C1CC1. The number of carbonyl (C=O) groups excluding carboxylic acids is 1. The zero-order valence-electron chi connectivity index (χ0n) is 12.6. The van der Waals surface area contributed by atoms with Crippen LogP contribution in [0.15, 0.2) is 30.6 Å². The number of nitrogens with zero attached hydrogens (tertiary/aromatic N) is 2. The van der Waals surface area contributed by atoms with Crippen LogP contribution in [0.3, 0.4) is 0 Å².